The summed E-state index contributed by atoms with van der Waals surface area (Å²) in [4.78, 5) is 32.0. The number of anilines is 2. The molecule has 16 heteroatoms. The number of rotatable bonds is 16. The summed E-state index contributed by atoms with van der Waals surface area (Å²) in [7, 11) is -3.78. The van der Waals surface area contributed by atoms with Crippen molar-refractivity contribution in [2.75, 3.05) is 69.0 Å². The smallest absolute Gasteiger partial charge is 0.293 e. The zero-order valence-electron chi connectivity index (χ0n) is 29.8. The Balaban J connectivity index is 1.19. The van der Waals surface area contributed by atoms with E-state index in [9.17, 15) is 31.7 Å². The predicted molar refractivity (Wildman–Crippen MR) is 209 cm³/mol. The van der Waals surface area contributed by atoms with Crippen LogP contribution in [0.15, 0.2) is 112 Å². The number of carbonyl (C=O) groups is 1. The van der Waals surface area contributed by atoms with Crippen molar-refractivity contribution in [3.05, 3.63) is 118 Å². The van der Waals surface area contributed by atoms with Gasteiger partial charge in [0.25, 0.3) is 21.6 Å². The second kappa shape index (κ2) is 17.6. The van der Waals surface area contributed by atoms with Crippen LogP contribution < -0.4 is 14.9 Å². The molecule has 2 N–H and O–H groups in total. The summed E-state index contributed by atoms with van der Waals surface area (Å²) in [5.41, 5.74) is 1.81. The quantitative estimate of drug-likeness (QED) is 0.0895. The number of benzene rings is 4. The molecule has 5 rings (SSSR count). The van der Waals surface area contributed by atoms with Gasteiger partial charge < -0.3 is 15.1 Å². The van der Waals surface area contributed by atoms with Crippen molar-refractivity contribution in [2.45, 2.75) is 33.7 Å². The number of hydrogen-bond donors (Lipinski definition) is 2. The van der Waals surface area contributed by atoms with Gasteiger partial charge in [-0.05, 0) is 93.3 Å². The van der Waals surface area contributed by atoms with Crippen molar-refractivity contribution in [1.82, 2.24) is 14.5 Å². The van der Waals surface area contributed by atoms with Crippen LogP contribution in [0.5, 0.6) is 0 Å². The third-order valence-corrected chi connectivity index (χ3v) is 12.4. The van der Waals surface area contributed by atoms with E-state index < -0.39 is 41.3 Å². The van der Waals surface area contributed by atoms with Gasteiger partial charge in [-0.1, -0.05) is 30.3 Å². The fraction of sp³-hybridized carbons (Fsp3) is 0.324. The molecule has 1 saturated heterocycles. The number of nitrogens with one attached hydrogen (secondary N) is 2. The zero-order valence-corrected chi connectivity index (χ0v) is 32.3. The molecule has 53 heavy (non-hydrogen) atoms. The minimum atomic E-state index is -4.44. The van der Waals surface area contributed by atoms with Gasteiger partial charge >= 0.3 is 0 Å². The highest BCUT2D eigenvalue weighted by Crippen LogP contribution is 2.30. The van der Waals surface area contributed by atoms with Crippen LogP contribution in [0.4, 0.5) is 17.1 Å². The Morgan fingerprint density at radius 3 is 2.13 bits per heavy atom. The van der Waals surface area contributed by atoms with Gasteiger partial charge in [-0.15, -0.1) is 11.8 Å². The molecule has 1 atom stereocenters. The average molecular weight is 781 g/mol. The van der Waals surface area contributed by atoms with Gasteiger partial charge in [-0.2, -0.15) is 0 Å². The fourth-order valence-corrected chi connectivity index (χ4v) is 8.44. The summed E-state index contributed by atoms with van der Waals surface area (Å²) in [6, 6.07) is 26.8. The van der Waals surface area contributed by atoms with Gasteiger partial charge in [-0.25, -0.2) is 21.6 Å². The Morgan fingerprint density at radius 2 is 1.53 bits per heavy atom. The highest BCUT2D eigenvalue weighted by molar-refractivity contribution is 7.99. The van der Waals surface area contributed by atoms with E-state index in [1.807, 2.05) is 61.5 Å². The van der Waals surface area contributed by atoms with Gasteiger partial charge in [0, 0.05) is 73.0 Å². The third-order valence-electron chi connectivity index (χ3n) is 8.81. The molecule has 1 aliphatic rings. The SMILES string of the molecule is CN(C)CC[C@H](CSc1ccccc1)Nc1ccc(S(=O)(=O)NC(=O)c2ccc(N3CCN(Cc4ccc(S(C)(=O)=O)cc4)CC3)cc2)cc1[N+](=O)[O-]. The number of sulfone groups is 1. The minimum absolute atomic E-state index is 0.126. The first-order chi connectivity index (χ1) is 25.2. The number of carbonyl (C=O) groups excluding carboxylic acids is 1. The molecule has 282 valence electrons. The molecule has 1 fully saturated rings. The van der Waals surface area contributed by atoms with E-state index in [1.165, 1.54) is 18.4 Å². The van der Waals surface area contributed by atoms with Crippen molar-refractivity contribution in [2.24, 2.45) is 0 Å². The highest BCUT2D eigenvalue weighted by Gasteiger charge is 2.26. The second-order valence-corrected chi connectivity index (χ2v) is 17.9. The fourth-order valence-electron chi connectivity index (χ4n) is 5.82. The van der Waals surface area contributed by atoms with Crippen LogP contribution in [0.25, 0.3) is 0 Å². The predicted octanol–water partition coefficient (Wildman–Crippen LogP) is 4.96. The number of nitro benzene ring substituents is 1. The lowest BCUT2D eigenvalue weighted by molar-refractivity contribution is -0.384. The maximum Gasteiger partial charge on any atom is 0.293 e. The molecule has 1 aliphatic heterocycles. The van der Waals surface area contributed by atoms with Crippen LogP contribution in [0.3, 0.4) is 0 Å². The van der Waals surface area contributed by atoms with Crippen LogP contribution in [-0.4, -0.2) is 102 Å². The van der Waals surface area contributed by atoms with Crippen molar-refractivity contribution in [3.63, 3.8) is 0 Å². The van der Waals surface area contributed by atoms with E-state index in [0.29, 0.717) is 23.6 Å². The molecule has 0 spiro atoms. The van der Waals surface area contributed by atoms with Crippen molar-refractivity contribution in [1.29, 1.82) is 0 Å². The van der Waals surface area contributed by atoms with Crippen LogP contribution in [0.1, 0.15) is 22.3 Å². The van der Waals surface area contributed by atoms with Gasteiger partial charge in [0.1, 0.15) is 5.69 Å². The van der Waals surface area contributed by atoms with E-state index in [4.69, 9.17) is 0 Å². The monoisotopic (exact) mass is 780 g/mol. The van der Waals surface area contributed by atoms with E-state index in [1.54, 1.807) is 48.2 Å². The molecule has 0 radical (unpaired) electrons. The minimum Gasteiger partial charge on any atom is -0.376 e. The molecule has 1 heterocycles. The normalized spacial score (nSPS) is 14.5. The van der Waals surface area contributed by atoms with Gasteiger partial charge in [0.15, 0.2) is 9.84 Å². The summed E-state index contributed by atoms with van der Waals surface area (Å²) in [6.07, 6.45) is 1.88. The molecular formula is C37H44N6O7S3. The average Bonchev–Trinajstić information content (AvgIpc) is 3.13. The lowest BCUT2D eigenvalue weighted by Gasteiger charge is -2.36. The number of amides is 1. The summed E-state index contributed by atoms with van der Waals surface area (Å²) in [5.74, 6) is -0.222. The maximum atomic E-state index is 13.3. The first kappa shape index (κ1) is 39.7. The van der Waals surface area contributed by atoms with Gasteiger partial charge in [0.2, 0.25) is 0 Å². The molecule has 4 aromatic rings. The molecular weight excluding hydrogens is 737 g/mol. The van der Waals surface area contributed by atoms with E-state index in [-0.39, 0.29) is 17.3 Å². The molecule has 0 aliphatic carbocycles. The highest BCUT2D eigenvalue weighted by atomic mass is 32.2. The van der Waals surface area contributed by atoms with Gasteiger partial charge in [0.05, 0.1) is 14.7 Å². The van der Waals surface area contributed by atoms with Gasteiger partial charge in [-0.3, -0.25) is 19.8 Å². The Hall–Kier alpha value is -4.48. The first-order valence-electron chi connectivity index (χ1n) is 17.0. The Labute approximate surface area is 315 Å². The molecule has 13 nitrogen and oxygen atoms in total. The van der Waals surface area contributed by atoms with Crippen molar-refractivity contribution >= 4 is 54.6 Å². The Kier molecular flexibility index (Phi) is 13.2. The Bertz CT molecular complexity index is 2090. The molecule has 0 unspecified atom stereocenters. The Morgan fingerprint density at radius 1 is 0.887 bits per heavy atom. The van der Waals surface area contributed by atoms with Crippen LogP contribution in [0, 0.1) is 10.1 Å². The van der Waals surface area contributed by atoms with Crippen LogP contribution in [-0.2, 0) is 26.4 Å². The second-order valence-electron chi connectivity index (χ2n) is 13.2. The number of hydrogen-bond acceptors (Lipinski definition) is 12. The number of sulfonamides is 1. The summed E-state index contributed by atoms with van der Waals surface area (Å²) in [5, 5.41) is 15.4. The third kappa shape index (κ3) is 11.3. The summed E-state index contributed by atoms with van der Waals surface area (Å²) in [6.45, 7) is 4.44. The summed E-state index contributed by atoms with van der Waals surface area (Å²) >= 11 is 1.62. The van der Waals surface area contributed by atoms with Crippen LogP contribution in [0.2, 0.25) is 0 Å². The number of nitro groups is 1. The van der Waals surface area contributed by atoms with Crippen molar-refractivity contribution < 1.29 is 26.6 Å². The number of thioether (sulfide) groups is 1. The maximum absolute atomic E-state index is 13.3. The lowest BCUT2D eigenvalue weighted by atomic mass is 10.1. The lowest BCUT2D eigenvalue weighted by Crippen LogP contribution is -2.46. The van der Waals surface area contributed by atoms with Crippen LogP contribution >= 0.6 is 11.8 Å². The zero-order chi connectivity index (χ0) is 38.2. The molecule has 0 aromatic heterocycles. The van der Waals surface area contributed by atoms with E-state index in [2.05, 4.69) is 19.8 Å². The molecule has 0 saturated carbocycles. The number of nitrogens with zero attached hydrogens (tertiary/aromatic N) is 4. The number of piperazine rings is 1. The molecule has 0 bridgehead atoms. The summed E-state index contributed by atoms with van der Waals surface area (Å²) < 4.78 is 52.1. The standard InChI is InChI=1S/C37H44N6O7S3/c1-40(2)20-19-30(27-51-32-7-5-4-6-8-32)38-35-18-17-34(25-36(35)43(45)46)53(49,50)39-37(44)29-11-13-31(14-12-29)42-23-21-41(22-24-42)26-28-9-15-33(16-10-28)52(3,47)48/h4-18,25,30,38H,19-24,26-27H2,1-3H3,(H,39,44)/t30-/m1/s1. The molecule has 1 amide bonds. The largest absolute Gasteiger partial charge is 0.376 e. The van der Waals surface area contributed by atoms with E-state index >= 15 is 0 Å². The first-order valence-corrected chi connectivity index (χ1v) is 21.3. The van der Waals surface area contributed by atoms with Crippen molar-refractivity contribution in [3.8, 4) is 0 Å². The topological polar surface area (TPSA) is 162 Å². The van der Waals surface area contributed by atoms with E-state index in [0.717, 1.165) is 54.9 Å². The molecule has 4 aromatic carbocycles.